The first kappa shape index (κ1) is 20.0. The summed E-state index contributed by atoms with van der Waals surface area (Å²) in [4.78, 5) is 38.2. The minimum absolute atomic E-state index is 0.148. The number of hydrazine groups is 1. The molecule has 3 aromatic carbocycles. The molecular formula is C23H19N3O5. The lowest BCUT2D eigenvalue weighted by Gasteiger charge is -2.28. The van der Waals surface area contributed by atoms with Crippen LogP contribution in [0.3, 0.4) is 0 Å². The zero-order valence-corrected chi connectivity index (χ0v) is 16.4. The number of amides is 3. The molecule has 2 N–H and O–H groups in total. The highest BCUT2D eigenvalue weighted by Gasteiger charge is 2.27. The van der Waals surface area contributed by atoms with E-state index in [0.29, 0.717) is 28.5 Å². The summed E-state index contributed by atoms with van der Waals surface area (Å²) in [5.74, 6) is 0.250. The Morgan fingerprint density at radius 2 is 1.65 bits per heavy atom. The van der Waals surface area contributed by atoms with Crippen molar-refractivity contribution in [3.8, 4) is 17.2 Å². The number of fused-ring (bicyclic) bond motifs is 1. The molecule has 1 aliphatic rings. The summed E-state index contributed by atoms with van der Waals surface area (Å²) in [6, 6.07) is 22.7. The molecule has 0 unspecified atom stereocenters. The zero-order chi connectivity index (χ0) is 21.6. The number of nitrogens with zero attached hydrogens (tertiary/aromatic N) is 1. The number of carbonyl (C=O) groups is 3. The number of anilines is 1. The maximum atomic E-state index is 12.4. The van der Waals surface area contributed by atoms with Gasteiger partial charge in [-0.2, -0.15) is 0 Å². The molecule has 3 aromatic rings. The van der Waals surface area contributed by atoms with Gasteiger partial charge in [0.1, 0.15) is 23.8 Å². The molecule has 4 rings (SSSR count). The molecule has 0 fully saturated rings. The number of nitrogens with one attached hydrogen (secondary N) is 2. The minimum Gasteiger partial charge on any atom is -0.482 e. The molecule has 0 spiro atoms. The summed E-state index contributed by atoms with van der Waals surface area (Å²) in [5, 5.41) is 0. The van der Waals surface area contributed by atoms with Gasteiger partial charge in [-0.1, -0.05) is 36.4 Å². The van der Waals surface area contributed by atoms with E-state index in [4.69, 9.17) is 9.47 Å². The van der Waals surface area contributed by atoms with E-state index >= 15 is 0 Å². The van der Waals surface area contributed by atoms with Gasteiger partial charge in [0.05, 0.1) is 5.69 Å². The quantitative estimate of drug-likeness (QED) is 0.622. The van der Waals surface area contributed by atoms with E-state index in [-0.39, 0.29) is 19.1 Å². The van der Waals surface area contributed by atoms with Crippen molar-refractivity contribution in [1.29, 1.82) is 0 Å². The summed E-state index contributed by atoms with van der Waals surface area (Å²) in [6.45, 7) is -0.401. The smallest absolute Gasteiger partial charge is 0.269 e. The van der Waals surface area contributed by atoms with Crippen LogP contribution in [0.2, 0.25) is 0 Å². The van der Waals surface area contributed by atoms with Gasteiger partial charge in [0.2, 0.25) is 0 Å². The van der Waals surface area contributed by atoms with Crippen LogP contribution in [0.4, 0.5) is 5.69 Å². The first-order chi connectivity index (χ1) is 15.1. The topological polar surface area (TPSA) is 97.0 Å². The second kappa shape index (κ2) is 9.00. The van der Waals surface area contributed by atoms with Crippen LogP contribution in [0.1, 0.15) is 10.4 Å². The van der Waals surface area contributed by atoms with Crippen LogP contribution < -0.4 is 25.2 Å². The van der Waals surface area contributed by atoms with Gasteiger partial charge in [0.15, 0.2) is 6.61 Å². The van der Waals surface area contributed by atoms with Gasteiger partial charge >= 0.3 is 0 Å². The molecule has 1 aliphatic heterocycles. The Morgan fingerprint density at radius 1 is 0.903 bits per heavy atom. The van der Waals surface area contributed by atoms with Gasteiger partial charge in [0.25, 0.3) is 17.7 Å². The highest BCUT2D eigenvalue weighted by molar-refractivity contribution is 6.02. The lowest BCUT2D eigenvalue weighted by atomic mass is 10.2. The monoisotopic (exact) mass is 417 g/mol. The number of ether oxygens (including phenoxy) is 2. The van der Waals surface area contributed by atoms with Gasteiger partial charge in [-0.15, -0.1) is 0 Å². The van der Waals surface area contributed by atoms with E-state index in [1.54, 1.807) is 60.7 Å². The maximum absolute atomic E-state index is 12.4. The summed E-state index contributed by atoms with van der Waals surface area (Å²) >= 11 is 0. The Kier molecular flexibility index (Phi) is 5.79. The van der Waals surface area contributed by atoms with E-state index < -0.39 is 11.8 Å². The van der Waals surface area contributed by atoms with E-state index in [1.807, 2.05) is 18.2 Å². The molecule has 0 bridgehead atoms. The van der Waals surface area contributed by atoms with Gasteiger partial charge in [0, 0.05) is 5.56 Å². The Hall–Kier alpha value is -4.33. The molecular weight excluding hydrogens is 398 g/mol. The molecule has 31 heavy (non-hydrogen) atoms. The largest absolute Gasteiger partial charge is 0.482 e. The van der Waals surface area contributed by atoms with Gasteiger partial charge in [-0.3, -0.25) is 30.1 Å². The number of hydrogen-bond donors (Lipinski definition) is 2. The van der Waals surface area contributed by atoms with Crippen LogP contribution in [0.5, 0.6) is 17.2 Å². The Labute approximate surface area is 178 Å². The molecule has 3 amide bonds. The highest BCUT2D eigenvalue weighted by atomic mass is 16.5. The standard InChI is InChI=1S/C23H19N3O5/c27-21(14-26-19-11-4-5-12-20(19)30-15-22(26)28)24-25-23(29)16-7-6-10-18(13-16)31-17-8-2-1-3-9-17/h1-13H,14-15H2,(H,24,27)(H,25,29). The Morgan fingerprint density at radius 3 is 2.48 bits per heavy atom. The van der Waals surface area contributed by atoms with E-state index in [9.17, 15) is 14.4 Å². The van der Waals surface area contributed by atoms with Crippen molar-refractivity contribution < 1.29 is 23.9 Å². The predicted molar refractivity (Wildman–Crippen MR) is 113 cm³/mol. The fraction of sp³-hybridized carbons (Fsp3) is 0.0870. The molecule has 1 heterocycles. The SMILES string of the molecule is O=C(CN1C(=O)COc2ccccc21)NNC(=O)c1cccc(Oc2ccccc2)c1. The van der Waals surface area contributed by atoms with Crippen molar-refractivity contribution in [1.82, 2.24) is 10.9 Å². The van der Waals surface area contributed by atoms with Gasteiger partial charge in [-0.25, -0.2) is 0 Å². The number of rotatable bonds is 5. The molecule has 0 aromatic heterocycles. The fourth-order valence-electron chi connectivity index (χ4n) is 3.03. The number of hydrogen-bond acceptors (Lipinski definition) is 5. The average molecular weight is 417 g/mol. The third-order valence-corrected chi connectivity index (χ3v) is 4.50. The molecule has 8 heteroatoms. The van der Waals surface area contributed by atoms with Crippen molar-refractivity contribution in [2.45, 2.75) is 0 Å². The van der Waals surface area contributed by atoms with E-state index in [2.05, 4.69) is 10.9 Å². The zero-order valence-electron chi connectivity index (χ0n) is 16.4. The number of para-hydroxylation sites is 3. The van der Waals surface area contributed by atoms with Crippen molar-refractivity contribution in [2.75, 3.05) is 18.1 Å². The molecule has 0 saturated heterocycles. The summed E-state index contributed by atoms with van der Waals surface area (Å²) < 4.78 is 11.1. The fourth-order valence-corrected chi connectivity index (χ4v) is 3.03. The van der Waals surface area contributed by atoms with Crippen molar-refractivity contribution in [2.24, 2.45) is 0 Å². The normalized spacial score (nSPS) is 12.4. The molecule has 0 saturated carbocycles. The maximum Gasteiger partial charge on any atom is 0.269 e. The summed E-state index contributed by atoms with van der Waals surface area (Å²) in [6.07, 6.45) is 0. The minimum atomic E-state index is -0.546. The van der Waals surface area contributed by atoms with Gasteiger partial charge < -0.3 is 9.47 Å². The lowest BCUT2D eigenvalue weighted by Crippen LogP contribution is -2.49. The Balaban J connectivity index is 1.35. The lowest BCUT2D eigenvalue weighted by molar-refractivity contribution is -0.125. The molecule has 156 valence electrons. The first-order valence-electron chi connectivity index (χ1n) is 9.54. The predicted octanol–water partition coefficient (Wildman–Crippen LogP) is 2.67. The van der Waals surface area contributed by atoms with Crippen LogP contribution in [0, 0.1) is 0 Å². The second-order valence-electron chi connectivity index (χ2n) is 6.68. The van der Waals surface area contributed by atoms with Crippen molar-refractivity contribution >= 4 is 23.4 Å². The van der Waals surface area contributed by atoms with E-state index in [1.165, 1.54) is 4.90 Å². The van der Waals surface area contributed by atoms with Crippen LogP contribution in [0.15, 0.2) is 78.9 Å². The van der Waals surface area contributed by atoms with Crippen LogP contribution >= 0.6 is 0 Å². The molecule has 0 aliphatic carbocycles. The van der Waals surface area contributed by atoms with Gasteiger partial charge in [-0.05, 0) is 42.5 Å². The summed E-state index contributed by atoms with van der Waals surface area (Å²) in [7, 11) is 0. The van der Waals surface area contributed by atoms with E-state index in [0.717, 1.165) is 0 Å². The molecule has 0 atom stereocenters. The average Bonchev–Trinajstić information content (AvgIpc) is 2.80. The van der Waals surface area contributed by atoms with Crippen molar-refractivity contribution in [3.05, 3.63) is 84.4 Å². The first-order valence-corrected chi connectivity index (χ1v) is 9.54. The number of carbonyl (C=O) groups excluding carboxylic acids is 3. The van der Waals surface area contributed by atoms with Crippen LogP contribution in [-0.4, -0.2) is 30.9 Å². The van der Waals surface area contributed by atoms with Crippen molar-refractivity contribution in [3.63, 3.8) is 0 Å². The third-order valence-electron chi connectivity index (χ3n) is 4.50. The summed E-state index contributed by atoms with van der Waals surface area (Å²) in [5.41, 5.74) is 5.50. The second-order valence-corrected chi connectivity index (χ2v) is 6.68. The molecule has 0 radical (unpaired) electrons. The Bertz CT molecular complexity index is 1120. The third kappa shape index (κ3) is 4.81. The number of benzene rings is 3. The molecule has 8 nitrogen and oxygen atoms in total. The highest BCUT2D eigenvalue weighted by Crippen LogP contribution is 2.31. The van der Waals surface area contributed by atoms with Crippen LogP contribution in [0.25, 0.3) is 0 Å². The van der Waals surface area contributed by atoms with Crippen LogP contribution in [-0.2, 0) is 9.59 Å².